The number of rotatable bonds is 9. The predicted octanol–water partition coefficient (Wildman–Crippen LogP) is 2.02. The standard InChI is InChI=1S/C17H33N3O2/c1-4-14-20(15-10-12-18-13-11-15)17(22)9-7-8-16(21)19(5-2)6-3/h15,18H,4-14H2,1-3H3. The fraction of sp³-hybridized carbons (Fsp3) is 0.882. The molecule has 2 amide bonds. The highest BCUT2D eigenvalue weighted by atomic mass is 16.2. The first kappa shape index (κ1) is 18.9. The van der Waals surface area contributed by atoms with E-state index >= 15 is 0 Å². The molecule has 0 bridgehead atoms. The van der Waals surface area contributed by atoms with E-state index < -0.39 is 0 Å². The lowest BCUT2D eigenvalue weighted by atomic mass is 10.0. The molecule has 5 nitrogen and oxygen atoms in total. The van der Waals surface area contributed by atoms with Gasteiger partial charge in [0.25, 0.3) is 0 Å². The minimum absolute atomic E-state index is 0.168. The quantitative estimate of drug-likeness (QED) is 0.709. The second-order valence-electron chi connectivity index (χ2n) is 5.99. The van der Waals surface area contributed by atoms with Crippen molar-refractivity contribution in [3.05, 3.63) is 0 Å². The van der Waals surface area contributed by atoms with Gasteiger partial charge in [-0.2, -0.15) is 0 Å². The fourth-order valence-corrected chi connectivity index (χ4v) is 3.14. The highest BCUT2D eigenvalue weighted by Gasteiger charge is 2.24. The van der Waals surface area contributed by atoms with Crippen LogP contribution in [0.25, 0.3) is 0 Å². The molecule has 5 heteroatoms. The van der Waals surface area contributed by atoms with E-state index in [4.69, 9.17) is 0 Å². The third-order valence-corrected chi connectivity index (χ3v) is 4.43. The lowest BCUT2D eigenvalue weighted by molar-refractivity contribution is -0.134. The normalized spacial score (nSPS) is 15.6. The second kappa shape index (κ2) is 10.6. The largest absolute Gasteiger partial charge is 0.343 e. The van der Waals surface area contributed by atoms with Crippen LogP contribution >= 0.6 is 0 Å². The lowest BCUT2D eigenvalue weighted by Gasteiger charge is -2.34. The van der Waals surface area contributed by atoms with Crippen molar-refractivity contribution in [1.29, 1.82) is 0 Å². The summed E-state index contributed by atoms with van der Waals surface area (Å²) in [6.07, 6.45) is 4.73. The van der Waals surface area contributed by atoms with Gasteiger partial charge in [-0.15, -0.1) is 0 Å². The summed E-state index contributed by atoms with van der Waals surface area (Å²) in [4.78, 5) is 28.4. The number of piperidine rings is 1. The van der Waals surface area contributed by atoms with E-state index in [1.165, 1.54) is 0 Å². The van der Waals surface area contributed by atoms with Gasteiger partial charge in [-0.1, -0.05) is 6.92 Å². The molecule has 0 atom stereocenters. The molecular formula is C17H33N3O2. The number of amides is 2. The minimum Gasteiger partial charge on any atom is -0.343 e. The zero-order valence-corrected chi connectivity index (χ0v) is 14.6. The van der Waals surface area contributed by atoms with E-state index in [-0.39, 0.29) is 11.8 Å². The Balaban J connectivity index is 2.41. The summed E-state index contributed by atoms with van der Waals surface area (Å²) in [5.74, 6) is 0.391. The van der Waals surface area contributed by atoms with Crippen molar-refractivity contribution in [2.75, 3.05) is 32.7 Å². The monoisotopic (exact) mass is 311 g/mol. The first-order valence-electron chi connectivity index (χ1n) is 8.91. The van der Waals surface area contributed by atoms with Crippen LogP contribution in [0.3, 0.4) is 0 Å². The van der Waals surface area contributed by atoms with Crippen LogP contribution in [0.15, 0.2) is 0 Å². The summed E-state index contributed by atoms with van der Waals surface area (Å²) in [7, 11) is 0. The third kappa shape index (κ3) is 5.95. The van der Waals surface area contributed by atoms with Gasteiger partial charge in [-0.25, -0.2) is 0 Å². The Bertz CT molecular complexity index is 337. The van der Waals surface area contributed by atoms with Gasteiger partial charge in [0, 0.05) is 38.5 Å². The van der Waals surface area contributed by atoms with E-state index in [1.54, 1.807) is 0 Å². The van der Waals surface area contributed by atoms with Crippen molar-refractivity contribution in [2.45, 2.75) is 65.3 Å². The van der Waals surface area contributed by atoms with Gasteiger partial charge in [0.15, 0.2) is 0 Å². The molecule has 0 unspecified atom stereocenters. The Morgan fingerprint density at radius 1 is 1.00 bits per heavy atom. The van der Waals surface area contributed by atoms with Gasteiger partial charge in [-0.05, 0) is 52.6 Å². The van der Waals surface area contributed by atoms with Crippen LogP contribution in [0.4, 0.5) is 0 Å². The summed E-state index contributed by atoms with van der Waals surface area (Å²) in [6, 6.07) is 0.382. The molecule has 128 valence electrons. The number of carbonyl (C=O) groups excluding carboxylic acids is 2. The SMILES string of the molecule is CCCN(C(=O)CCCC(=O)N(CC)CC)C1CCNCC1. The van der Waals surface area contributed by atoms with Crippen molar-refractivity contribution >= 4 is 11.8 Å². The lowest BCUT2D eigenvalue weighted by Crippen LogP contribution is -2.46. The number of nitrogens with zero attached hydrogens (tertiary/aromatic N) is 2. The highest BCUT2D eigenvalue weighted by molar-refractivity contribution is 5.79. The Morgan fingerprint density at radius 3 is 2.14 bits per heavy atom. The molecule has 0 spiro atoms. The molecule has 1 aliphatic rings. The topological polar surface area (TPSA) is 52.7 Å². The average Bonchev–Trinajstić information content (AvgIpc) is 2.54. The molecule has 1 N–H and O–H groups in total. The summed E-state index contributed by atoms with van der Waals surface area (Å²) in [6.45, 7) is 10.4. The zero-order chi connectivity index (χ0) is 16.4. The Labute approximate surface area is 135 Å². The Kier molecular flexibility index (Phi) is 9.13. The molecule has 0 aliphatic carbocycles. The van der Waals surface area contributed by atoms with Gasteiger partial charge in [0.2, 0.25) is 11.8 Å². The maximum atomic E-state index is 12.5. The number of carbonyl (C=O) groups is 2. The maximum Gasteiger partial charge on any atom is 0.222 e. The van der Waals surface area contributed by atoms with Crippen molar-refractivity contribution in [3.63, 3.8) is 0 Å². The van der Waals surface area contributed by atoms with E-state index in [9.17, 15) is 9.59 Å². The predicted molar refractivity (Wildman–Crippen MR) is 89.7 cm³/mol. The van der Waals surface area contributed by atoms with Crippen molar-refractivity contribution in [1.82, 2.24) is 15.1 Å². The molecule has 0 aromatic rings. The summed E-state index contributed by atoms with van der Waals surface area (Å²) in [5, 5.41) is 3.35. The van der Waals surface area contributed by atoms with Crippen molar-refractivity contribution < 1.29 is 9.59 Å². The number of hydrogen-bond donors (Lipinski definition) is 1. The summed E-state index contributed by atoms with van der Waals surface area (Å²) >= 11 is 0. The molecule has 0 saturated carbocycles. The summed E-state index contributed by atoms with van der Waals surface area (Å²) in [5.41, 5.74) is 0. The molecule has 0 aromatic carbocycles. The first-order valence-corrected chi connectivity index (χ1v) is 8.91. The van der Waals surface area contributed by atoms with Gasteiger partial charge < -0.3 is 15.1 Å². The molecule has 0 aromatic heterocycles. The highest BCUT2D eigenvalue weighted by Crippen LogP contribution is 2.15. The molecule has 0 radical (unpaired) electrons. The van der Waals surface area contributed by atoms with Crippen LogP contribution in [0.5, 0.6) is 0 Å². The molecule has 22 heavy (non-hydrogen) atoms. The fourth-order valence-electron chi connectivity index (χ4n) is 3.14. The smallest absolute Gasteiger partial charge is 0.222 e. The Morgan fingerprint density at radius 2 is 1.59 bits per heavy atom. The van der Waals surface area contributed by atoms with Crippen LogP contribution < -0.4 is 5.32 Å². The number of nitrogens with one attached hydrogen (secondary N) is 1. The Hall–Kier alpha value is -1.10. The van der Waals surface area contributed by atoms with Crippen LogP contribution in [-0.4, -0.2) is 60.4 Å². The maximum absolute atomic E-state index is 12.5. The summed E-state index contributed by atoms with van der Waals surface area (Å²) < 4.78 is 0. The average molecular weight is 311 g/mol. The molecular weight excluding hydrogens is 278 g/mol. The van der Waals surface area contributed by atoms with Crippen LogP contribution in [0, 0.1) is 0 Å². The van der Waals surface area contributed by atoms with Crippen LogP contribution in [-0.2, 0) is 9.59 Å². The van der Waals surface area contributed by atoms with Gasteiger partial charge in [-0.3, -0.25) is 9.59 Å². The molecule has 1 rings (SSSR count). The zero-order valence-electron chi connectivity index (χ0n) is 14.6. The van der Waals surface area contributed by atoms with Crippen LogP contribution in [0.2, 0.25) is 0 Å². The number of hydrogen-bond acceptors (Lipinski definition) is 3. The second-order valence-corrected chi connectivity index (χ2v) is 5.99. The van der Waals surface area contributed by atoms with Crippen molar-refractivity contribution in [2.24, 2.45) is 0 Å². The van der Waals surface area contributed by atoms with Gasteiger partial charge in [0.05, 0.1) is 0 Å². The third-order valence-electron chi connectivity index (χ3n) is 4.43. The van der Waals surface area contributed by atoms with Gasteiger partial charge >= 0.3 is 0 Å². The molecule has 1 heterocycles. The van der Waals surface area contributed by atoms with Crippen LogP contribution in [0.1, 0.15) is 59.3 Å². The van der Waals surface area contributed by atoms with E-state index in [0.29, 0.717) is 25.3 Å². The first-order chi connectivity index (χ1) is 10.6. The van der Waals surface area contributed by atoms with E-state index in [0.717, 1.165) is 52.0 Å². The molecule has 1 saturated heterocycles. The van der Waals surface area contributed by atoms with E-state index in [2.05, 4.69) is 17.1 Å². The van der Waals surface area contributed by atoms with E-state index in [1.807, 2.05) is 18.7 Å². The minimum atomic E-state index is 0.168. The molecule has 1 fully saturated rings. The van der Waals surface area contributed by atoms with Crippen molar-refractivity contribution in [3.8, 4) is 0 Å². The molecule has 1 aliphatic heterocycles. The van der Waals surface area contributed by atoms with Gasteiger partial charge in [0.1, 0.15) is 0 Å².